The number of nitrogens with zero attached hydrogens (tertiary/aromatic N) is 2. The molecule has 0 aliphatic carbocycles. The molecular formula is C16H27BrN2O. The minimum atomic E-state index is 0.205. The molecule has 0 radical (unpaired) electrons. The van der Waals surface area contributed by atoms with Crippen LogP contribution in [0.15, 0.2) is 10.7 Å². The molecule has 0 fully saturated rings. The summed E-state index contributed by atoms with van der Waals surface area (Å²) in [6, 6.07) is 0.217. The number of ketones is 1. The van der Waals surface area contributed by atoms with Crippen LogP contribution < -0.4 is 0 Å². The van der Waals surface area contributed by atoms with Crippen molar-refractivity contribution in [3.05, 3.63) is 16.4 Å². The molecule has 0 saturated heterocycles. The van der Waals surface area contributed by atoms with Gasteiger partial charge in [0.05, 0.1) is 10.7 Å². The molecule has 20 heavy (non-hydrogen) atoms. The fourth-order valence-corrected chi connectivity index (χ4v) is 2.85. The largest absolute Gasteiger partial charge is 0.292 e. The molecule has 0 aromatic carbocycles. The molecule has 0 aliphatic heterocycles. The Labute approximate surface area is 131 Å². The first-order valence-corrected chi connectivity index (χ1v) is 8.63. The number of hydrogen-bond donors (Lipinski definition) is 0. The van der Waals surface area contributed by atoms with Crippen molar-refractivity contribution in [2.75, 3.05) is 0 Å². The van der Waals surface area contributed by atoms with E-state index in [0.29, 0.717) is 6.42 Å². The number of carbonyl (C=O) groups is 1. The van der Waals surface area contributed by atoms with Crippen LogP contribution in [0.2, 0.25) is 0 Å². The summed E-state index contributed by atoms with van der Waals surface area (Å²) in [4.78, 5) is 12.3. The number of aromatic nitrogens is 2. The van der Waals surface area contributed by atoms with Gasteiger partial charge in [0.25, 0.3) is 0 Å². The van der Waals surface area contributed by atoms with E-state index in [-0.39, 0.29) is 11.8 Å². The Kier molecular flexibility index (Phi) is 8.12. The highest BCUT2D eigenvalue weighted by molar-refractivity contribution is 9.10. The highest BCUT2D eigenvalue weighted by Gasteiger charge is 2.18. The molecule has 0 N–H and O–H groups in total. The van der Waals surface area contributed by atoms with Crippen molar-refractivity contribution in [1.82, 2.24) is 9.78 Å². The van der Waals surface area contributed by atoms with E-state index in [2.05, 4.69) is 28.0 Å². The molecule has 114 valence electrons. The van der Waals surface area contributed by atoms with Gasteiger partial charge in [0.2, 0.25) is 0 Å². The molecule has 0 saturated carbocycles. The Bertz CT molecular complexity index is 413. The fraction of sp³-hybridized carbons (Fsp3) is 0.750. The molecule has 1 heterocycles. The summed E-state index contributed by atoms with van der Waals surface area (Å²) in [6.45, 7) is 6.32. The molecule has 0 bridgehead atoms. The number of unbranched alkanes of at least 4 members (excludes halogenated alkanes) is 6. The van der Waals surface area contributed by atoms with E-state index in [1.807, 2.05) is 18.5 Å². The van der Waals surface area contributed by atoms with Gasteiger partial charge in [-0.3, -0.25) is 9.48 Å². The Morgan fingerprint density at radius 3 is 2.40 bits per heavy atom. The van der Waals surface area contributed by atoms with Gasteiger partial charge in [0.1, 0.15) is 5.69 Å². The third-order valence-corrected chi connectivity index (χ3v) is 4.09. The quantitative estimate of drug-likeness (QED) is 0.412. The zero-order valence-corrected chi connectivity index (χ0v) is 14.6. The van der Waals surface area contributed by atoms with Crippen LogP contribution in [0, 0.1) is 0 Å². The van der Waals surface area contributed by atoms with Gasteiger partial charge in [0.15, 0.2) is 5.78 Å². The van der Waals surface area contributed by atoms with Crippen molar-refractivity contribution >= 4 is 21.7 Å². The van der Waals surface area contributed by atoms with Gasteiger partial charge < -0.3 is 0 Å². The van der Waals surface area contributed by atoms with Crippen LogP contribution in [-0.4, -0.2) is 15.6 Å². The molecule has 0 atom stereocenters. The lowest BCUT2D eigenvalue weighted by Crippen LogP contribution is -2.13. The van der Waals surface area contributed by atoms with Crippen molar-refractivity contribution in [3.63, 3.8) is 0 Å². The SMILES string of the molecule is CCCCCCCCCC(=O)c1c(Br)cnn1C(C)C. The molecule has 1 rings (SSSR count). The molecule has 0 unspecified atom stereocenters. The Morgan fingerprint density at radius 2 is 1.80 bits per heavy atom. The average Bonchev–Trinajstić information content (AvgIpc) is 2.79. The molecule has 3 nitrogen and oxygen atoms in total. The minimum absolute atomic E-state index is 0.205. The average molecular weight is 343 g/mol. The summed E-state index contributed by atoms with van der Waals surface area (Å²) < 4.78 is 2.63. The van der Waals surface area contributed by atoms with Crippen molar-refractivity contribution in [2.24, 2.45) is 0 Å². The summed E-state index contributed by atoms with van der Waals surface area (Å²) in [7, 11) is 0. The van der Waals surface area contributed by atoms with Gasteiger partial charge in [-0.15, -0.1) is 0 Å². The molecule has 1 aromatic rings. The summed E-state index contributed by atoms with van der Waals surface area (Å²) in [5.74, 6) is 0.205. The predicted molar refractivity (Wildman–Crippen MR) is 87.3 cm³/mol. The maximum Gasteiger partial charge on any atom is 0.182 e. The molecule has 1 aromatic heterocycles. The van der Waals surface area contributed by atoms with E-state index < -0.39 is 0 Å². The lowest BCUT2D eigenvalue weighted by molar-refractivity contribution is 0.0966. The van der Waals surface area contributed by atoms with Gasteiger partial charge in [-0.1, -0.05) is 45.4 Å². The summed E-state index contributed by atoms with van der Waals surface area (Å²) in [6.07, 6.45) is 11.0. The number of carbonyl (C=O) groups excluding carboxylic acids is 1. The maximum atomic E-state index is 12.3. The molecule has 0 aliphatic rings. The number of hydrogen-bond acceptors (Lipinski definition) is 2. The van der Waals surface area contributed by atoms with Gasteiger partial charge in [-0.05, 0) is 36.2 Å². The smallest absolute Gasteiger partial charge is 0.182 e. The highest BCUT2D eigenvalue weighted by Crippen LogP contribution is 2.22. The van der Waals surface area contributed by atoms with Gasteiger partial charge in [0, 0.05) is 12.5 Å². The van der Waals surface area contributed by atoms with Gasteiger partial charge >= 0.3 is 0 Å². The van der Waals surface area contributed by atoms with E-state index in [0.717, 1.165) is 23.0 Å². The first-order chi connectivity index (χ1) is 9.57. The second-order valence-corrected chi connectivity index (χ2v) is 6.53. The van der Waals surface area contributed by atoms with Crippen LogP contribution in [0.5, 0.6) is 0 Å². The third-order valence-electron chi connectivity index (χ3n) is 3.51. The first-order valence-electron chi connectivity index (χ1n) is 7.84. The number of Topliss-reactive ketones (excluding diaryl/α,β-unsaturated/α-hetero) is 1. The monoisotopic (exact) mass is 342 g/mol. The Morgan fingerprint density at radius 1 is 1.20 bits per heavy atom. The topological polar surface area (TPSA) is 34.9 Å². The number of halogens is 1. The van der Waals surface area contributed by atoms with Crippen LogP contribution in [0.25, 0.3) is 0 Å². The van der Waals surface area contributed by atoms with Crippen molar-refractivity contribution in [2.45, 2.75) is 78.2 Å². The van der Waals surface area contributed by atoms with E-state index >= 15 is 0 Å². The number of rotatable bonds is 10. The van der Waals surface area contributed by atoms with E-state index in [9.17, 15) is 4.79 Å². The summed E-state index contributed by atoms with van der Waals surface area (Å²) in [5.41, 5.74) is 0.728. The van der Waals surface area contributed by atoms with E-state index in [1.54, 1.807) is 6.20 Å². The van der Waals surface area contributed by atoms with Crippen molar-refractivity contribution in [3.8, 4) is 0 Å². The van der Waals surface area contributed by atoms with Crippen LogP contribution in [0.4, 0.5) is 0 Å². The Hall–Kier alpha value is -0.640. The lowest BCUT2D eigenvalue weighted by Gasteiger charge is -2.10. The van der Waals surface area contributed by atoms with E-state index in [4.69, 9.17) is 0 Å². The van der Waals surface area contributed by atoms with Crippen molar-refractivity contribution in [1.29, 1.82) is 0 Å². The zero-order valence-electron chi connectivity index (χ0n) is 13.0. The second kappa shape index (κ2) is 9.32. The third kappa shape index (κ3) is 5.39. The fourth-order valence-electron chi connectivity index (χ4n) is 2.35. The highest BCUT2D eigenvalue weighted by atomic mass is 79.9. The predicted octanol–water partition coefficient (Wildman–Crippen LogP) is 5.55. The molecule has 4 heteroatoms. The Balaban J connectivity index is 2.34. The van der Waals surface area contributed by atoms with E-state index in [1.165, 1.54) is 32.1 Å². The van der Waals surface area contributed by atoms with Crippen LogP contribution in [-0.2, 0) is 0 Å². The maximum absolute atomic E-state index is 12.3. The lowest BCUT2D eigenvalue weighted by atomic mass is 10.1. The van der Waals surface area contributed by atoms with Crippen molar-refractivity contribution < 1.29 is 4.79 Å². The zero-order chi connectivity index (χ0) is 15.0. The first kappa shape index (κ1) is 17.4. The van der Waals surface area contributed by atoms with Crippen LogP contribution in [0.1, 0.15) is 88.7 Å². The summed E-state index contributed by atoms with van der Waals surface area (Å²) in [5, 5.41) is 4.26. The van der Waals surface area contributed by atoms with Crippen LogP contribution in [0.3, 0.4) is 0 Å². The van der Waals surface area contributed by atoms with Crippen LogP contribution >= 0.6 is 15.9 Å². The molecule has 0 spiro atoms. The minimum Gasteiger partial charge on any atom is -0.292 e. The molecule has 0 amide bonds. The van der Waals surface area contributed by atoms with Gasteiger partial charge in [-0.25, -0.2) is 0 Å². The van der Waals surface area contributed by atoms with Gasteiger partial charge in [-0.2, -0.15) is 5.10 Å². The standard InChI is InChI=1S/C16H27BrN2O/c1-4-5-6-7-8-9-10-11-15(20)16-14(17)12-18-19(16)13(2)3/h12-13H,4-11H2,1-3H3. The molecular weight excluding hydrogens is 316 g/mol. The second-order valence-electron chi connectivity index (χ2n) is 5.67. The normalized spacial score (nSPS) is 11.2. The summed E-state index contributed by atoms with van der Waals surface area (Å²) >= 11 is 3.43.